The van der Waals surface area contributed by atoms with Crippen molar-refractivity contribution in [3.63, 3.8) is 0 Å². The normalized spacial score (nSPS) is 25.3. The minimum Gasteiger partial charge on any atom is -0.492 e. The van der Waals surface area contributed by atoms with Gasteiger partial charge in [0.05, 0.1) is 42.8 Å². The molecule has 41 heavy (non-hydrogen) atoms. The van der Waals surface area contributed by atoms with Crippen molar-refractivity contribution < 1.29 is 14.6 Å². The molecular weight excluding hydrogens is 518 g/mol. The number of hydrogen-bond acceptors (Lipinski definition) is 9. The first-order chi connectivity index (χ1) is 19.9. The lowest BCUT2D eigenvalue weighted by Gasteiger charge is -2.56. The van der Waals surface area contributed by atoms with Crippen molar-refractivity contribution in [3.05, 3.63) is 66.2 Å². The third-order valence-electron chi connectivity index (χ3n) is 8.75. The summed E-state index contributed by atoms with van der Waals surface area (Å²) in [4.78, 5) is 14.1. The quantitative estimate of drug-likeness (QED) is 0.351. The van der Waals surface area contributed by atoms with E-state index in [0.717, 1.165) is 54.9 Å². The molecule has 1 aliphatic carbocycles. The first-order valence-corrected chi connectivity index (χ1v) is 14.1. The van der Waals surface area contributed by atoms with Gasteiger partial charge in [-0.05, 0) is 55.9 Å². The fourth-order valence-corrected chi connectivity index (χ4v) is 6.69. The van der Waals surface area contributed by atoms with E-state index in [4.69, 9.17) is 14.5 Å². The Morgan fingerprint density at radius 1 is 1.10 bits per heavy atom. The van der Waals surface area contributed by atoms with E-state index in [0.29, 0.717) is 41.8 Å². The average Bonchev–Trinajstić information content (AvgIpc) is 3.41. The second kappa shape index (κ2) is 10.0. The minimum absolute atomic E-state index is 0.331. The maximum atomic E-state index is 10.0. The molecule has 1 N–H and O–H groups in total. The van der Waals surface area contributed by atoms with Crippen LogP contribution in [0.1, 0.15) is 37.3 Å². The number of pyridine rings is 3. The second-order valence-electron chi connectivity index (χ2n) is 11.9. The number of piperazine rings is 1. The van der Waals surface area contributed by atoms with Crippen LogP contribution in [0.25, 0.3) is 16.6 Å². The molecule has 210 valence electrons. The van der Waals surface area contributed by atoms with Crippen LogP contribution in [0.4, 0.5) is 5.82 Å². The lowest BCUT2D eigenvalue weighted by molar-refractivity contribution is -0.0690. The zero-order chi connectivity index (χ0) is 28.1. The van der Waals surface area contributed by atoms with Crippen molar-refractivity contribution in [1.82, 2.24) is 24.5 Å². The molecule has 0 radical (unpaired) electrons. The van der Waals surface area contributed by atoms with Crippen molar-refractivity contribution in [2.45, 2.75) is 50.4 Å². The maximum Gasteiger partial charge on any atom is 0.212 e. The molecule has 1 saturated carbocycles. The van der Waals surface area contributed by atoms with E-state index >= 15 is 0 Å². The van der Waals surface area contributed by atoms with E-state index in [-0.39, 0.29) is 0 Å². The summed E-state index contributed by atoms with van der Waals surface area (Å²) < 4.78 is 13.0. The van der Waals surface area contributed by atoms with Gasteiger partial charge < -0.3 is 19.5 Å². The van der Waals surface area contributed by atoms with Gasteiger partial charge in [-0.25, -0.2) is 14.5 Å². The van der Waals surface area contributed by atoms with Crippen molar-refractivity contribution in [2.75, 3.05) is 31.7 Å². The Morgan fingerprint density at radius 2 is 1.93 bits per heavy atom. The van der Waals surface area contributed by atoms with Gasteiger partial charge in [0.2, 0.25) is 5.88 Å². The number of nitriles is 1. The number of aromatic nitrogens is 4. The highest BCUT2D eigenvalue weighted by molar-refractivity contribution is 5.85. The molecule has 2 unspecified atom stereocenters. The highest BCUT2D eigenvalue weighted by atomic mass is 16.5. The van der Waals surface area contributed by atoms with Gasteiger partial charge in [0, 0.05) is 61.3 Å². The highest BCUT2D eigenvalue weighted by Crippen LogP contribution is 2.39. The zero-order valence-electron chi connectivity index (χ0n) is 23.3. The van der Waals surface area contributed by atoms with Crippen molar-refractivity contribution >= 4 is 11.3 Å². The fourth-order valence-electron chi connectivity index (χ4n) is 6.69. The summed E-state index contributed by atoms with van der Waals surface area (Å²) in [5, 5.41) is 24.2. The summed E-state index contributed by atoms with van der Waals surface area (Å²) in [7, 11) is 1.63. The number of nitrogens with zero attached hydrogens (tertiary/aromatic N) is 7. The first-order valence-electron chi connectivity index (χ1n) is 14.1. The van der Waals surface area contributed by atoms with Crippen LogP contribution in [0.2, 0.25) is 0 Å². The Hall–Kier alpha value is -4.20. The number of hydrogen-bond donors (Lipinski definition) is 1. The topological polar surface area (TPSA) is 112 Å². The largest absolute Gasteiger partial charge is 0.492 e. The molecule has 0 aromatic carbocycles. The van der Waals surface area contributed by atoms with Gasteiger partial charge in [-0.15, -0.1) is 0 Å². The van der Waals surface area contributed by atoms with Gasteiger partial charge >= 0.3 is 0 Å². The summed E-state index contributed by atoms with van der Waals surface area (Å²) in [6.45, 7) is 5.17. The van der Waals surface area contributed by atoms with Crippen LogP contribution in [0, 0.1) is 17.2 Å². The van der Waals surface area contributed by atoms with E-state index in [9.17, 15) is 10.4 Å². The van der Waals surface area contributed by atoms with E-state index < -0.39 is 5.60 Å². The SMILES string of the molecule is COc1ccc(CN2C3CC2CN(c2ccc(-c4cc(OCC5CC(C)(O)C5)cn5ncc(C#N)c45)cn2)C3)cn1. The van der Waals surface area contributed by atoms with Crippen LogP contribution >= 0.6 is 0 Å². The number of ether oxygens (including phenoxy) is 2. The fraction of sp³-hybridized carbons (Fsp3) is 0.419. The molecule has 0 amide bonds. The summed E-state index contributed by atoms with van der Waals surface area (Å²) in [5.74, 6) is 2.61. The van der Waals surface area contributed by atoms with Crippen LogP contribution in [-0.4, -0.2) is 74.1 Å². The first kappa shape index (κ1) is 25.7. The minimum atomic E-state index is -0.582. The Bertz CT molecular complexity index is 1590. The summed E-state index contributed by atoms with van der Waals surface area (Å²) in [6, 6.07) is 13.4. The van der Waals surface area contributed by atoms with Crippen molar-refractivity contribution in [2.24, 2.45) is 5.92 Å². The summed E-state index contributed by atoms with van der Waals surface area (Å²) >= 11 is 0. The molecule has 0 spiro atoms. The molecular formula is C31H33N7O3. The number of piperidine rings is 1. The molecule has 4 fully saturated rings. The Balaban J connectivity index is 1.06. The van der Waals surface area contributed by atoms with Crippen LogP contribution in [-0.2, 0) is 6.54 Å². The second-order valence-corrected chi connectivity index (χ2v) is 11.9. The number of fused-ring (bicyclic) bond motifs is 3. The van der Waals surface area contributed by atoms with E-state index in [2.05, 4.69) is 44.2 Å². The van der Waals surface area contributed by atoms with Crippen molar-refractivity contribution in [3.8, 4) is 28.8 Å². The maximum absolute atomic E-state index is 10.0. The summed E-state index contributed by atoms with van der Waals surface area (Å²) in [5.41, 5.74) is 3.63. The lowest BCUT2D eigenvalue weighted by atomic mass is 9.73. The third kappa shape index (κ3) is 4.85. The Kier molecular flexibility index (Phi) is 6.29. The van der Waals surface area contributed by atoms with Gasteiger partial charge in [0.15, 0.2) is 0 Å². The smallest absolute Gasteiger partial charge is 0.212 e. The van der Waals surface area contributed by atoms with Gasteiger partial charge in [0.1, 0.15) is 17.6 Å². The van der Waals surface area contributed by atoms with Gasteiger partial charge in [-0.3, -0.25) is 4.90 Å². The standard InChI is InChI=1S/C31H33N7O3/c1-31(39)9-21(10-31)19-41-26-8-27(30-23(11-32)14-35-38(30)18-26)22-4-5-28(33-13-22)36-16-24-7-25(17-36)37(24)15-20-3-6-29(40-2)34-12-20/h3-6,8,12-14,18,21,24-25,39H,7,9-10,15-17,19H2,1-2H3. The van der Waals surface area contributed by atoms with E-state index in [1.165, 1.54) is 12.0 Å². The van der Waals surface area contributed by atoms with Crippen LogP contribution in [0.15, 0.2) is 55.1 Å². The van der Waals surface area contributed by atoms with Crippen molar-refractivity contribution in [1.29, 1.82) is 5.26 Å². The number of methoxy groups -OCH3 is 1. The lowest BCUT2D eigenvalue weighted by Crippen LogP contribution is -2.68. The Labute approximate surface area is 238 Å². The molecule has 3 aliphatic heterocycles. The molecule has 3 saturated heterocycles. The zero-order valence-corrected chi connectivity index (χ0v) is 23.3. The number of rotatable bonds is 8. The molecule has 4 aromatic heterocycles. The molecule has 4 aliphatic rings. The third-order valence-corrected chi connectivity index (χ3v) is 8.75. The van der Waals surface area contributed by atoms with Gasteiger partial charge in [-0.2, -0.15) is 10.4 Å². The number of aliphatic hydroxyl groups is 1. The van der Waals surface area contributed by atoms with Crippen LogP contribution in [0.3, 0.4) is 0 Å². The van der Waals surface area contributed by atoms with Crippen LogP contribution in [0.5, 0.6) is 11.6 Å². The molecule has 8 rings (SSSR count). The predicted octanol–water partition coefficient (Wildman–Crippen LogP) is 3.67. The predicted molar refractivity (Wildman–Crippen MR) is 153 cm³/mol. The van der Waals surface area contributed by atoms with E-state index in [1.807, 2.05) is 37.6 Å². The average molecular weight is 552 g/mol. The van der Waals surface area contributed by atoms with Gasteiger partial charge in [-0.1, -0.05) is 6.07 Å². The monoisotopic (exact) mass is 551 g/mol. The van der Waals surface area contributed by atoms with Gasteiger partial charge in [0.25, 0.3) is 0 Å². The molecule has 4 aromatic rings. The molecule has 2 bridgehead atoms. The Morgan fingerprint density at radius 3 is 2.59 bits per heavy atom. The molecule has 10 heteroatoms. The van der Waals surface area contributed by atoms with Crippen LogP contribution < -0.4 is 14.4 Å². The molecule has 2 atom stereocenters. The molecule has 10 nitrogen and oxygen atoms in total. The van der Waals surface area contributed by atoms with E-state index in [1.54, 1.807) is 17.8 Å². The highest BCUT2D eigenvalue weighted by Gasteiger charge is 2.44. The summed E-state index contributed by atoms with van der Waals surface area (Å²) in [6.07, 6.45) is 9.86. The molecule has 7 heterocycles. The number of anilines is 1.